The Labute approximate surface area is 241 Å². The highest BCUT2D eigenvalue weighted by molar-refractivity contribution is 7.89. The van der Waals surface area contributed by atoms with Gasteiger partial charge in [0.15, 0.2) is 0 Å². The highest BCUT2D eigenvalue weighted by atomic mass is 32.2. The molecule has 2 N–H and O–H groups in total. The molecule has 5 rings (SSSR count). The topological polar surface area (TPSA) is 93.0 Å². The normalized spacial score (nSPS) is 15.0. The van der Waals surface area contributed by atoms with E-state index in [4.69, 9.17) is 9.47 Å². The summed E-state index contributed by atoms with van der Waals surface area (Å²) in [5.74, 6) is 1.34. The molecule has 3 aromatic carbocycles. The van der Waals surface area contributed by atoms with Gasteiger partial charge < -0.3 is 24.5 Å². The fourth-order valence-electron chi connectivity index (χ4n) is 5.45. The third kappa shape index (κ3) is 5.98. The minimum absolute atomic E-state index is 0.320. The minimum atomic E-state index is -3.56. The lowest BCUT2D eigenvalue weighted by Crippen LogP contribution is -2.34. The van der Waals surface area contributed by atoms with Crippen molar-refractivity contribution in [1.29, 1.82) is 0 Å². The van der Waals surface area contributed by atoms with Gasteiger partial charge in [0.2, 0.25) is 10.0 Å². The summed E-state index contributed by atoms with van der Waals surface area (Å²) in [6, 6.07) is 20.7. The zero-order valence-corrected chi connectivity index (χ0v) is 24.7. The lowest BCUT2D eigenvalue weighted by atomic mass is 9.97. The van der Waals surface area contributed by atoms with Crippen molar-refractivity contribution < 1.29 is 23.0 Å². The molecule has 8 nitrogen and oxygen atoms in total. The zero-order valence-electron chi connectivity index (χ0n) is 23.9. The Morgan fingerprint density at radius 2 is 1.66 bits per heavy atom. The van der Waals surface area contributed by atoms with Gasteiger partial charge in [0.1, 0.15) is 11.5 Å². The Balaban J connectivity index is 1.35. The number of aliphatic hydroxyl groups excluding tert-OH is 1. The average molecular weight is 576 g/mol. The van der Waals surface area contributed by atoms with Gasteiger partial charge in [0.05, 0.1) is 31.8 Å². The second-order valence-corrected chi connectivity index (χ2v) is 12.3. The Kier molecular flexibility index (Phi) is 8.40. The molecule has 1 aliphatic rings. The molecular formula is C32H37N3O5S. The number of methoxy groups -OCH3 is 2. The standard InChI is InChI=1S/C32H37N3O5S/c1-22-9-11-29(12-10-22)41(37,38)34-15-13-24(14-16-34)32-23(2)35(31-8-6-5-7-30(31)32)21-26(36)20-33-25-17-27(39-3)19-28(18-25)40-4/h5-13,17-19,26,33,36H,14-16,20-21H2,1-4H3. The van der Waals surface area contributed by atoms with Crippen molar-refractivity contribution in [2.24, 2.45) is 0 Å². The van der Waals surface area contributed by atoms with E-state index in [1.165, 1.54) is 0 Å². The highest BCUT2D eigenvalue weighted by Gasteiger charge is 2.28. The maximum Gasteiger partial charge on any atom is 0.243 e. The van der Waals surface area contributed by atoms with E-state index in [0.29, 0.717) is 49.0 Å². The number of nitrogens with zero attached hydrogens (tertiary/aromatic N) is 2. The molecule has 1 atom stereocenters. The number of hydrogen-bond donors (Lipinski definition) is 2. The average Bonchev–Trinajstić information content (AvgIpc) is 3.26. The molecule has 1 aliphatic heterocycles. The summed E-state index contributed by atoms with van der Waals surface area (Å²) < 4.78 is 40.8. The smallest absolute Gasteiger partial charge is 0.243 e. The molecule has 0 fully saturated rings. The van der Waals surface area contributed by atoms with Crippen molar-refractivity contribution in [1.82, 2.24) is 8.87 Å². The number of anilines is 1. The van der Waals surface area contributed by atoms with Crippen molar-refractivity contribution in [3.8, 4) is 11.5 Å². The monoisotopic (exact) mass is 575 g/mol. The summed E-state index contributed by atoms with van der Waals surface area (Å²) in [7, 11) is -0.350. The number of nitrogens with one attached hydrogen (secondary N) is 1. The van der Waals surface area contributed by atoms with Gasteiger partial charge >= 0.3 is 0 Å². The van der Waals surface area contributed by atoms with Gasteiger partial charge in [-0.3, -0.25) is 0 Å². The van der Waals surface area contributed by atoms with Crippen LogP contribution in [0.4, 0.5) is 5.69 Å². The van der Waals surface area contributed by atoms with Gasteiger partial charge in [-0.05, 0) is 44.0 Å². The Hall–Kier alpha value is -3.79. The zero-order chi connectivity index (χ0) is 29.1. The molecule has 0 aliphatic carbocycles. The van der Waals surface area contributed by atoms with Gasteiger partial charge in [0, 0.05) is 65.7 Å². The van der Waals surface area contributed by atoms with E-state index in [2.05, 4.69) is 28.9 Å². The fraction of sp³-hybridized carbons (Fsp3) is 0.312. The SMILES string of the molecule is COc1cc(NCC(O)Cn2c(C)c(C3=CCN(S(=O)(=O)c4ccc(C)cc4)CC3)c3ccccc32)cc(OC)c1. The van der Waals surface area contributed by atoms with E-state index >= 15 is 0 Å². The van der Waals surface area contributed by atoms with E-state index in [1.807, 2.05) is 49.4 Å². The van der Waals surface area contributed by atoms with Crippen LogP contribution in [0.3, 0.4) is 0 Å². The number of sulfonamides is 1. The summed E-state index contributed by atoms with van der Waals surface area (Å²) in [5.41, 5.74) is 6.16. The van der Waals surface area contributed by atoms with Crippen LogP contribution in [0.15, 0.2) is 77.7 Å². The predicted octanol–water partition coefficient (Wildman–Crippen LogP) is 5.23. The fourth-order valence-corrected chi connectivity index (χ4v) is 6.83. The van der Waals surface area contributed by atoms with Gasteiger partial charge in [-0.1, -0.05) is 42.0 Å². The summed E-state index contributed by atoms with van der Waals surface area (Å²) in [6.07, 6.45) is 1.98. The predicted molar refractivity (Wildman–Crippen MR) is 163 cm³/mol. The Morgan fingerprint density at radius 1 is 0.976 bits per heavy atom. The molecule has 216 valence electrons. The number of aromatic nitrogens is 1. The van der Waals surface area contributed by atoms with Gasteiger partial charge in [-0.15, -0.1) is 0 Å². The number of aryl methyl sites for hydroxylation is 1. The number of rotatable bonds is 10. The van der Waals surface area contributed by atoms with Crippen molar-refractivity contribution in [2.75, 3.05) is 39.2 Å². The van der Waals surface area contributed by atoms with Crippen LogP contribution in [0.2, 0.25) is 0 Å². The molecule has 0 bridgehead atoms. The molecule has 1 unspecified atom stereocenters. The molecule has 0 saturated heterocycles. The van der Waals surface area contributed by atoms with Crippen molar-refractivity contribution in [2.45, 2.75) is 37.8 Å². The second kappa shape index (κ2) is 12.0. The maximum absolute atomic E-state index is 13.2. The summed E-state index contributed by atoms with van der Waals surface area (Å²) in [4.78, 5) is 0.322. The largest absolute Gasteiger partial charge is 0.497 e. The van der Waals surface area contributed by atoms with Crippen molar-refractivity contribution in [3.63, 3.8) is 0 Å². The van der Waals surface area contributed by atoms with Gasteiger partial charge in [-0.25, -0.2) is 8.42 Å². The Morgan fingerprint density at radius 3 is 2.29 bits per heavy atom. The van der Waals surface area contributed by atoms with E-state index in [9.17, 15) is 13.5 Å². The third-order valence-corrected chi connectivity index (χ3v) is 9.55. The first kappa shape index (κ1) is 28.7. The maximum atomic E-state index is 13.2. The third-order valence-electron chi connectivity index (χ3n) is 7.67. The quantitative estimate of drug-likeness (QED) is 0.269. The summed E-state index contributed by atoms with van der Waals surface area (Å²) in [5, 5.41) is 15.4. The number of hydrogen-bond acceptors (Lipinski definition) is 6. The van der Waals surface area contributed by atoms with Crippen LogP contribution in [0.1, 0.15) is 23.2 Å². The number of aliphatic hydroxyl groups is 1. The molecule has 9 heteroatoms. The molecule has 4 aromatic rings. The lowest BCUT2D eigenvalue weighted by Gasteiger charge is -2.26. The van der Waals surface area contributed by atoms with Crippen molar-refractivity contribution >= 4 is 32.2 Å². The number of ether oxygens (including phenoxy) is 2. The minimum Gasteiger partial charge on any atom is -0.497 e. The van der Waals surface area contributed by atoms with Gasteiger partial charge in [-0.2, -0.15) is 4.31 Å². The molecular weight excluding hydrogens is 538 g/mol. The van der Waals surface area contributed by atoms with Crippen LogP contribution in [0.5, 0.6) is 11.5 Å². The van der Waals surface area contributed by atoms with Crippen molar-refractivity contribution in [3.05, 3.63) is 89.6 Å². The van der Waals surface area contributed by atoms with Crippen LogP contribution in [0.25, 0.3) is 16.5 Å². The second-order valence-electron chi connectivity index (χ2n) is 10.4. The van der Waals surface area contributed by atoms with Crippen LogP contribution in [-0.2, 0) is 16.6 Å². The van der Waals surface area contributed by atoms with Crippen LogP contribution in [0, 0.1) is 13.8 Å². The Bertz CT molecular complexity index is 1650. The first-order valence-corrected chi connectivity index (χ1v) is 15.1. The van der Waals surface area contributed by atoms with E-state index in [-0.39, 0.29) is 0 Å². The molecule has 0 spiro atoms. The van der Waals surface area contributed by atoms with Gasteiger partial charge in [0.25, 0.3) is 0 Å². The molecule has 41 heavy (non-hydrogen) atoms. The molecule has 0 amide bonds. The number of benzene rings is 3. The number of para-hydroxylation sites is 1. The van der Waals surface area contributed by atoms with Crippen LogP contribution >= 0.6 is 0 Å². The van der Waals surface area contributed by atoms with Crippen LogP contribution < -0.4 is 14.8 Å². The summed E-state index contributed by atoms with van der Waals surface area (Å²) >= 11 is 0. The lowest BCUT2D eigenvalue weighted by molar-refractivity contribution is 0.167. The first-order chi connectivity index (χ1) is 19.7. The van der Waals surface area contributed by atoms with E-state index < -0.39 is 16.1 Å². The van der Waals surface area contributed by atoms with E-state index in [1.54, 1.807) is 36.7 Å². The number of fused-ring (bicyclic) bond motifs is 1. The molecule has 1 aromatic heterocycles. The molecule has 0 radical (unpaired) electrons. The van der Waals surface area contributed by atoms with Crippen LogP contribution in [-0.4, -0.2) is 62.4 Å². The summed E-state index contributed by atoms with van der Waals surface area (Å²) in [6.45, 7) is 5.49. The molecule has 0 saturated carbocycles. The first-order valence-electron chi connectivity index (χ1n) is 13.7. The van der Waals surface area contributed by atoms with E-state index in [0.717, 1.165) is 39.0 Å². The highest BCUT2D eigenvalue weighted by Crippen LogP contribution is 2.35. The molecule has 2 heterocycles.